The van der Waals surface area contributed by atoms with Gasteiger partial charge in [0.05, 0.1) is 5.41 Å². The number of ether oxygens (including phenoxy) is 1. The molecule has 0 amide bonds. The summed E-state index contributed by atoms with van der Waals surface area (Å²) in [5, 5.41) is 7.39. The standard InChI is InChI=1S/C23H22O2/c1-4-23(2,3)22(24)25-14-18-13-17-9-5-7-15-11-12-16-8-6-10-19(18)21(16)20(15)17/h5-13H,4,14H2,1-3H3. The summed E-state index contributed by atoms with van der Waals surface area (Å²) in [7, 11) is 0. The van der Waals surface area contributed by atoms with Crippen LogP contribution in [0.4, 0.5) is 0 Å². The molecule has 0 aliphatic carbocycles. The summed E-state index contributed by atoms with van der Waals surface area (Å²) < 4.78 is 5.67. The smallest absolute Gasteiger partial charge is 0.311 e. The summed E-state index contributed by atoms with van der Waals surface area (Å²) >= 11 is 0. The molecule has 0 fully saturated rings. The van der Waals surface area contributed by atoms with Crippen molar-refractivity contribution in [3.05, 3.63) is 60.2 Å². The third-order valence-electron chi connectivity index (χ3n) is 5.39. The maximum absolute atomic E-state index is 12.4. The van der Waals surface area contributed by atoms with Crippen LogP contribution in [0, 0.1) is 5.41 Å². The number of hydrogen-bond acceptors (Lipinski definition) is 2. The maximum atomic E-state index is 12.4. The molecule has 126 valence electrons. The van der Waals surface area contributed by atoms with Gasteiger partial charge in [-0.05, 0) is 64.2 Å². The van der Waals surface area contributed by atoms with Crippen molar-refractivity contribution in [1.82, 2.24) is 0 Å². The minimum Gasteiger partial charge on any atom is -0.460 e. The van der Waals surface area contributed by atoms with Crippen LogP contribution in [0.15, 0.2) is 54.6 Å². The van der Waals surface area contributed by atoms with E-state index in [1.165, 1.54) is 32.3 Å². The van der Waals surface area contributed by atoms with Gasteiger partial charge in [0.1, 0.15) is 6.61 Å². The Hall–Kier alpha value is -2.61. The van der Waals surface area contributed by atoms with Gasteiger partial charge in [-0.25, -0.2) is 0 Å². The summed E-state index contributed by atoms with van der Waals surface area (Å²) in [6, 6.07) is 19.2. The highest BCUT2D eigenvalue weighted by molar-refractivity contribution is 6.23. The lowest BCUT2D eigenvalue weighted by Gasteiger charge is -2.21. The molecule has 0 aliphatic rings. The first-order valence-corrected chi connectivity index (χ1v) is 8.84. The molecule has 0 heterocycles. The molecule has 4 rings (SSSR count). The molecule has 2 heteroatoms. The van der Waals surface area contributed by atoms with Gasteiger partial charge in [0.15, 0.2) is 0 Å². The fourth-order valence-electron chi connectivity index (χ4n) is 3.44. The molecule has 0 aromatic heterocycles. The first-order chi connectivity index (χ1) is 12.0. The highest BCUT2D eigenvalue weighted by Crippen LogP contribution is 2.36. The SMILES string of the molecule is CCC(C)(C)C(=O)OCc1cc2cccc3ccc4cccc1c4c32. The van der Waals surface area contributed by atoms with Crippen molar-refractivity contribution in [3.8, 4) is 0 Å². The number of carbonyl (C=O) groups is 1. The van der Waals surface area contributed by atoms with E-state index in [1.807, 2.05) is 20.8 Å². The molecule has 0 saturated carbocycles. The molecule has 0 spiro atoms. The van der Waals surface area contributed by atoms with Gasteiger partial charge >= 0.3 is 5.97 Å². The quantitative estimate of drug-likeness (QED) is 0.335. The maximum Gasteiger partial charge on any atom is 0.311 e. The van der Waals surface area contributed by atoms with Gasteiger partial charge in [-0.2, -0.15) is 0 Å². The Morgan fingerprint density at radius 3 is 2.28 bits per heavy atom. The van der Waals surface area contributed by atoms with Crippen LogP contribution < -0.4 is 0 Å². The van der Waals surface area contributed by atoms with Gasteiger partial charge in [-0.1, -0.05) is 55.5 Å². The Labute approximate surface area is 147 Å². The number of rotatable bonds is 4. The Morgan fingerprint density at radius 2 is 1.56 bits per heavy atom. The molecule has 0 saturated heterocycles. The summed E-state index contributed by atoms with van der Waals surface area (Å²) in [5.74, 6) is -0.139. The summed E-state index contributed by atoms with van der Waals surface area (Å²) in [5.41, 5.74) is 0.621. The molecular weight excluding hydrogens is 308 g/mol. The molecule has 4 aromatic rings. The predicted molar refractivity (Wildman–Crippen MR) is 104 cm³/mol. The van der Waals surface area contributed by atoms with Crippen molar-refractivity contribution in [2.75, 3.05) is 0 Å². The van der Waals surface area contributed by atoms with Gasteiger partial charge < -0.3 is 4.74 Å². The Morgan fingerprint density at radius 1 is 0.920 bits per heavy atom. The first-order valence-electron chi connectivity index (χ1n) is 8.84. The fourth-order valence-corrected chi connectivity index (χ4v) is 3.44. The van der Waals surface area contributed by atoms with Crippen molar-refractivity contribution >= 4 is 38.3 Å². The second-order valence-corrected chi connectivity index (χ2v) is 7.40. The fraction of sp³-hybridized carbons (Fsp3) is 0.261. The van der Waals surface area contributed by atoms with Gasteiger partial charge in [0.25, 0.3) is 0 Å². The van der Waals surface area contributed by atoms with E-state index in [0.29, 0.717) is 6.61 Å². The van der Waals surface area contributed by atoms with E-state index in [-0.39, 0.29) is 5.97 Å². The number of benzene rings is 4. The van der Waals surface area contributed by atoms with Crippen LogP contribution in [0.2, 0.25) is 0 Å². The van der Waals surface area contributed by atoms with Crippen LogP contribution >= 0.6 is 0 Å². The van der Waals surface area contributed by atoms with E-state index in [9.17, 15) is 4.79 Å². The molecule has 0 bridgehead atoms. The van der Waals surface area contributed by atoms with Crippen LogP contribution in [-0.2, 0) is 16.1 Å². The van der Waals surface area contributed by atoms with Gasteiger partial charge in [0.2, 0.25) is 0 Å². The third-order valence-corrected chi connectivity index (χ3v) is 5.39. The van der Waals surface area contributed by atoms with E-state index >= 15 is 0 Å². The van der Waals surface area contributed by atoms with E-state index in [0.717, 1.165) is 12.0 Å². The molecule has 0 aliphatic heterocycles. The minimum atomic E-state index is -0.445. The highest BCUT2D eigenvalue weighted by atomic mass is 16.5. The third kappa shape index (κ3) is 2.53. The Balaban J connectivity index is 1.85. The molecule has 4 aromatic carbocycles. The first kappa shape index (κ1) is 15.9. The lowest BCUT2D eigenvalue weighted by atomic mass is 9.90. The molecule has 0 radical (unpaired) electrons. The average molecular weight is 330 g/mol. The molecular formula is C23H22O2. The topological polar surface area (TPSA) is 26.3 Å². The molecule has 0 N–H and O–H groups in total. The van der Waals surface area contributed by atoms with Crippen LogP contribution in [0.25, 0.3) is 32.3 Å². The second-order valence-electron chi connectivity index (χ2n) is 7.40. The zero-order valence-electron chi connectivity index (χ0n) is 14.9. The van der Waals surface area contributed by atoms with Crippen LogP contribution in [0.1, 0.15) is 32.8 Å². The van der Waals surface area contributed by atoms with Crippen LogP contribution in [0.5, 0.6) is 0 Å². The summed E-state index contributed by atoms with van der Waals surface area (Å²) in [6.45, 7) is 6.19. The molecule has 0 atom stereocenters. The Kier molecular flexibility index (Phi) is 3.64. The van der Waals surface area contributed by atoms with Gasteiger partial charge in [0, 0.05) is 0 Å². The molecule has 0 unspecified atom stereocenters. The normalized spacial score (nSPS) is 12.3. The lowest BCUT2D eigenvalue weighted by molar-refractivity contribution is -0.155. The minimum absolute atomic E-state index is 0.139. The number of carbonyl (C=O) groups excluding carboxylic acids is 1. The highest BCUT2D eigenvalue weighted by Gasteiger charge is 2.27. The molecule has 2 nitrogen and oxygen atoms in total. The number of hydrogen-bond donors (Lipinski definition) is 0. The lowest BCUT2D eigenvalue weighted by Crippen LogP contribution is -2.25. The van der Waals surface area contributed by atoms with Crippen molar-refractivity contribution in [2.24, 2.45) is 5.41 Å². The predicted octanol–water partition coefficient (Wildman–Crippen LogP) is 6.06. The zero-order valence-corrected chi connectivity index (χ0v) is 14.9. The molecule has 25 heavy (non-hydrogen) atoms. The van der Waals surface area contributed by atoms with Crippen molar-refractivity contribution < 1.29 is 9.53 Å². The second kappa shape index (κ2) is 5.73. The van der Waals surface area contributed by atoms with E-state index in [1.54, 1.807) is 0 Å². The van der Waals surface area contributed by atoms with E-state index in [4.69, 9.17) is 4.74 Å². The van der Waals surface area contributed by atoms with Crippen LogP contribution in [0.3, 0.4) is 0 Å². The largest absolute Gasteiger partial charge is 0.460 e. The Bertz CT molecular complexity index is 1080. The van der Waals surface area contributed by atoms with Gasteiger partial charge in [-0.15, -0.1) is 0 Å². The van der Waals surface area contributed by atoms with Crippen molar-refractivity contribution in [2.45, 2.75) is 33.8 Å². The van der Waals surface area contributed by atoms with E-state index < -0.39 is 5.41 Å². The summed E-state index contributed by atoms with van der Waals surface area (Å²) in [6.07, 6.45) is 0.766. The summed E-state index contributed by atoms with van der Waals surface area (Å²) in [4.78, 5) is 12.4. The van der Waals surface area contributed by atoms with Crippen LogP contribution in [-0.4, -0.2) is 5.97 Å². The number of esters is 1. The van der Waals surface area contributed by atoms with E-state index in [2.05, 4.69) is 54.6 Å². The average Bonchev–Trinajstić information content (AvgIpc) is 2.64. The van der Waals surface area contributed by atoms with Crippen molar-refractivity contribution in [1.29, 1.82) is 0 Å². The van der Waals surface area contributed by atoms with Crippen molar-refractivity contribution in [3.63, 3.8) is 0 Å². The van der Waals surface area contributed by atoms with Gasteiger partial charge in [-0.3, -0.25) is 4.79 Å². The zero-order chi connectivity index (χ0) is 17.6. The monoisotopic (exact) mass is 330 g/mol.